The molecule has 8 heteroatoms. The van der Waals surface area contributed by atoms with Gasteiger partial charge in [0.25, 0.3) is 0 Å². The van der Waals surface area contributed by atoms with Crippen molar-refractivity contribution in [1.82, 2.24) is 20.1 Å². The van der Waals surface area contributed by atoms with E-state index in [9.17, 15) is 9.65 Å². The number of alkyl halides is 1. The summed E-state index contributed by atoms with van der Waals surface area (Å²) in [7, 11) is 0. The number of aromatic nitrogens is 3. The summed E-state index contributed by atoms with van der Waals surface area (Å²) in [5.74, 6) is -0.580. The van der Waals surface area contributed by atoms with E-state index in [2.05, 4.69) is 26.2 Å². The van der Waals surface area contributed by atoms with Crippen LogP contribution in [-0.4, -0.2) is 38.8 Å². The number of benzene rings is 3. The minimum Gasteiger partial charge on any atom is -0.292 e. The van der Waals surface area contributed by atoms with Crippen molar-refractivity contribution < 1.29 is 8.78 Å². The summed E-state index contributed by atoms with van der Waals surface area (Å²) in [4.78, 5) is 6.39. The van der Waals surface area contributed by atoms with Crippen molar-refractivity contribution in [1.29, 1.82) is 5.26 Å². The average molecular weight is 518 g/mol. The predicted octanol–water partition coefficient (Wildman–Crippen LogP) is 6.69. The summed E-state index contributed by atoms with van der Waals surface area (Å²) in [6, 6.07) is 21.9. The lowest BCUT2D eigenvalue weighted by Gasteiger charge is -2.50. The first kappa shape index (κ1) is 25.1. The molecule has 1 aromatic heterocycles. The molecule has 5 rings (SSSR count). The minimum atomic E-state index is -1.58. The first-order chi connectivity index (χ1) is 17.7. The number of nitrogens with one attached hydrogen (secondary N) is 1. The van der Waals surface area contributed by atoms with Gasteiger partial charge in [0.2, 0.25) is 0 Å². The van der Waals surface area contributed by atoms with Gasteiger partial charge in [-0.05, 0) is 78.9 Å². The maximum atomic E-state index is 15.7. The summed E-state index contributed by atoms with van der Waals surface area (Å²) >= 11 is 6.14. The summed E-state index contributed by atoms with van der Waals surface area (Å²) in [5.41, 5.74) is 2.14. The highest BCUT2D eigenvalue weighted by Crippen LogP contribution is 2.46. The molecule has 1 saturated heterocycles. The SMILES string of the molecule is CC(C)(F)C(c1cc(F)cc(-c2ncn[nH]2)c1)C1CN(C(c2ccc(Cl)cc2)c2cccc(C#N)c2)C1. The van der Waals surface area contributed by atoms with Crippen molar-refractivity contribution in [2.75, 3.05) is 13.1 Å². The van der Waals surface area contributed by atoms with E-state index in [1.165, 1.54) is 18.5 Å². The first-order valence-electron chi connectivity index (χ1n) is 12.1. The van der Waals surface area contributed by atoms with E-state index in [0.717, 1.165) is 11.1 Å². The van der Waals surface area contributed by atoms with Gasteiger partial charge in [-0.25, -0.2) is 13.8 Å². The van der Waals surface area contributed by atoms with E-state index in [1.807, 2.05) is 42.5 Å². The van der Waals surface area contributed by atoms with Gasteiger partial charge in [-0.1, -0.05) is 35.9 Å². The smallest absolute Gasteiger partial charge is 0.155 e. The number of halogens is 3. The van der Waals surface area contributed by atoms with Crippen LogP contribution in [0.1, 0.15) is 48.1 Å². The minimum absolute atomic E-state index is 0.0432. The number of nitriles is 1. The second-order valence-electron chi connectivity index (χ2n) is 10.1. The third-order valence-electron chi connectivity index (χ3n) is 7.00. The van der Waals surface area contributed by atoms with Gasteiger partial charge in [0.1, 0.15) is 17.8 Å². The quantitative estimate of drug-likeness (QED) is 0.296. The molecular formula is C29H26ClF2N5. The Labute approximate surface area is 219 Å². The number of hydrogen-bond donors (Lipinski definition) is 1. The number of hydrogen-bond acceptors (Lipinski definition) is 4. The molecule has 1 N–H and O–H groups in total. The van der Waals surface area contributed by atoms with Crippen molar-refractivity contribution in [2.24, 2.45) is 5.92 Å². The largest absolute Gasteiger partial charge is 0.292 e. The van der Waals surface area contributed by atoms with Crippen molar-refractivity contribution >= 4 is 11.6 Å². The number of aromatic amines is 1. The van der Waals surface area contributed by atoms with Crippen LogP contribution in [0.4, 0.5) is 8.78 Å². The van der Waals surface area contributed by atoms with Gasteiger partial charge in [0, 0.05) is 29.6 Å². The van der Waals surface area contributed by atoms with Gasteiger partial charge >= 0.3 is 0 Å². The molecule has 188 valence electrons. The van der Waals surface area contributed by atoms with Crippen molar-refractivity contribution in [3.8, 4) is 17.5 Å². The molecule has 1 aliphatic heterocycles. The van der Waals surface area contributed by atoms with E-state index in [4.69, 9.17) is 11.6 Å². The zero-order valence-corrected chi connectivity index (χ0v) is 21.3. The van der Waals surface area contributed by atoms with Crippen molar-refractivity contribution in [2.45, 2.75) is 31.5 Å². The Hall–Kier alpha value is -3.60. The monoisotopic (exact) mass is 517 g/mol. The Kier molecular flexibility index (Phi) is 6.80. The van der Waals surface area contributed by atoms with Crippen LogP contribution >= 0.6 is 11.6 Å². The molecule has 0 spiro atoms. The lowest BCUT2D eigenvalue weighted by atomic mass is 9.72. The van der Waals surface area contributed by atoms with Crippen LogP contribution < -0.4 is 0 Å². The molecule has 1 fully saturated rings. The molecule has 2 atom stereocenters. The number of nitrogens with zero attached hydrogens (tertiary/aromatic N) is 4. The second-order valence-corrected chi connectivity index (χ2v) is 10.5. The Morgan fingerprint density at radius 3 is 2.46 bits per heavy atom. The van der Waals surface area contributed by atoms with Crippen LogP contribution in [0.15, 0.2) is 73.1 Å². The standard InChI is InChI=1S/C29H26ClF2N5/c1-29(2,32)26(21-11-22(13-25(31)12-21)28-34-17-35-36-28)23-15-37(16-23)27(19-6-8-24(30)9-7-19)20-5-3-4-18(10-20)14-33/h3-13,17,23,26-27H,15-16H2,1-2H3,(H,34,35,36). The second kappa shape index (κ2) is 10.0. The highest BCUT2D eigenvalue weighted by atomic mass is 35.5. The summed E-state index contributed by atoms with van der Waals surface area (Å²) in [5, 5.41) is 16.7. The van der Waals surface area contributed by atoms with Crippen LogP contribution in [0.2, 0.25) is 5.02 Å². The topological polar surface area (TPSA) is 68.6 Å². The molecule has 0 aliphatic carbocycles. The lowest BCUT2D eigenvalue weighted by Crippen LogP contribution is -2.53. The van der Waals surface area contributed by atoms with Crippen LogP contribution in [0, 0.1) is 23.1 Å². The van der Waals surface area contributed by atoms with E-state index in [1.54, 1.807) is 26.0 Å². The maximum Gasteiger partial charge on any atom is 0.155 e. The third-order valence-corrected chi connectivity index (χ3v) is 7.25. The molecule has 0 amide bonds. The van der Waals surface area contributed by atoms with Gasteiger partial charge in [-0.15, -0.1) is 0 Å². The van der Waals surface area contributed by atoms with Gasteiger partial charge in [-0.2, -0.15) is 10.4 Å². The maximum absolute atomic E-state index is 15.7. The van der Waals surface area contributed by atoms with Gasteiger partial charge in [0.05, 0.1) is 17.7 Å². The van der Waals surface area contributed by atoms with Crippen LogP contribution in [0.5, 0.6) is 0 Å². The summed E-state index contributed by atoms with van der Waals surface area (Å²) in [6.45, 7) is 4.31. The molecule has 0 bridgehead atoms. The molecule has 4 aromatic rings. The number of rotatable bonds is 7. The van der Waals surface area contributed by atoms with Crippen LogP contribution in [-0.2, 0) is 0 Å². The van der Waals surface area contributed by atoms with E-state index >= 15 is 4.39 Å². The van der Waals surface area contributed by atoms with Crippen LogP contribution in [0.25, 0.3) is 11.4 Å². The molecule has 2 heterocycles. The highest BCUT2D eigenvalue weighted by molar-refractivity contribution is 6.30. The fraction of sp³-hybridized carbons (Fsp3) is 0.276. The third kappa shape index (κ3) is 5.27. The fourth-order valence-electron chi connectivity index (χ4n) is 5.51. The molecule has 0 saturated carbocycles. The Bertz CT molecular complexity index is 1420. The highest BCUT2D eigenvalue weighted by Gasteiger charge is 2.45. The van der Waals surface area contributed by atoms with E-state index in [-0.39, 0.29) is 12.0 Å². The molecule has 1 aliphatic rings. The fourth-order valence-corrected chi connectivity index (χ4v) is 5.64. The average Bonchev–Trinajstić information content (AvgIpc) is 3.38. The van der Waals surface area contributed by atoms with E-state index < -0.39 is 17.4 Å². The molecule has 0 radical (unpaired) electrons. The Balaban J connectivity index is 1.47. The molecule has 37 heavy (non-hydrogen) atoms. The van der Waals surface area contributed by atoms with Gasteiger partial charge < -0.3 is 0 Å². The predicted molar refractivity (Wildman–Crippen MR) is 139 cm³/mol. The normalized spacial score (nSPS) is 16.1. The zero-order chi connectivity index (χ0) is 26.2. The molecule has 3 aromatic carbocycles. The molecule has 5 nitrogen and oxygen atoms in total. The number of likely N-dealkylation sites (tertiary alicyclic amines) is 1. The Morgan fingerprint density at radius 1 is 1.05 bits per heavy atom. The van der Waals surface area contributed by atoms with E-state index in [0.29, 0.717) is 40.6 Å². The lowest BCUT2D eigenvalue weighted by molar-refractivity contribution is 0.00814. The van der Waals surface area contributed by atoms with Crippen molar-refractivity contribution in [3.63, 3.8) is 0 Å². The zero-order valence-electron chi connectivity index (χ0n) is 20.5. The molecular weight excluding hydrogens is 492 g/mol. The van der Waals surface area contributed by atoms with Gasteiger partial charge in [-0.3, -0.25) is 10.00 Å². The summed E-state index contributed by atoms with van der Waals surface area (Å²) in [6.07, 6.45) is 1.36. The summed E-state index contributed by atoms with van der Waals surface area (Å²) < 4.78 is 30.4. The van der Waals surface area contributed by atoms with Crippen LogP contribution in [0.3, 0.4) is 0 Å². The Morgan fingerprint density at radius 2 is 1.81 bits per heavy atom. The first-order valence-corrected chi connectivity index (χ1v) is 12.5. The van der Waals surface area contributed by atoms with Crippen molar-refractivity contribution in [3.05, 3.63) is 106 Å². The number of H-pyrrole nitrogens is 1. The van der Waals surface area contributed by atoms with Gasteiger partial charge in [0.15, 0.2) is 5.82 Å². The molecule has 2 unspecified atom stereocenters.